The predicted octanol–water partition coefficient (Wildman–Crippen LogP) is 2.33. The molecule has 0 aliphatic heterocycles. The Morgan fingerprint density at radius 2 is 2.20 bits per heavy atom. The third-order valence-electron chi connectivity index (χ3n) is 2.48. The number of halogens is 2. The van der Waals surface area contributed by atoms with Crippen molar-refractivity contribution in [3.63, 3.8) is 0 Å². The minimum absolute atomic E-state index is 0.149. The van der Waals surface area contributed by atoms with Crippen LogP contribution in [-0.4, -0.2) is 22.5 Å². The van der Waals surface area contributed by atoms with Crippen LogP contribution in [0.25, 0.3) is 0 Å². The standard InChI is InChI=1S/C13H14F2N4O/c1-3-20-11-5-9(4-10(14)12(11)15)6-17-19-7-8(2)18-13(19)16/h4-7H,3H2,1-2H3,(H2,16,18). The molecule has 5 nitrogen and oxygen atoms in total. The summed E-state index contributed by atoms with van der Waals surface area (Å²) < 4.78 is 33.2. The fourth-order valence-corrected chi connectivity index (χ4v) is 1.64. The Labute approximate surface area is 114 Å². The van der Waals surface area contributed by atoms with Crippen LogP contribution in [0.5, 0.6) is 5.75 Å². The lowest BCUT2D eigenvalue weighted by atomic mass is 10.2. The molecule has 106 valence electrons. The highest BCUT2D eigenvalue weighted by Gasteiger charge is 2.11. The Hall–Kier alpha value is -2.44. The van der Waals surface area contributed by atoms with Crippen LogP contribution < -0.4 is 10.5 Å². The summed E-state index contributed by atoms with van der Waals surface area (Å²) in [6.45, 7) is 3.70. The maximum atomic E-state index is 13.4. The molecule has 1 aromatic heterocycles. The van der Waals surface area contributed by atoms with Crippen molar-refractivity contribution in [1.82, 2.24) is 9.66 Å². The van der Waals surface area contributed by atoms with Crippen molar-refractivity contribution in [2.75, 3.05) is 12.3 Å². The average molecular weight is 280 g/mol. The first kappa shape index (κ1) is 14.0. The first-order valence-electron chi connectivity index (χ1n) is 5.99. The molecule has 2 rings (SSSR count). The Morgan fingerprint density at radius 3 is 2.80 bits per heavy atom. The van der Waals surface area contributed by atoms with Gasteiger partial charge in [0.1, 0.15) is 0 Å². The van der Waals surface area contributed by atoms with E-state index < -0.39 is 11.6 Å². The largest absolute Gasteiger partial charge is 0.491 e. The predicted molar refractivity (Wildman–Crippen MR) is 71.9 cm³/mol. The molecule has 0 saturated heterocycles. The van der Waals surface area contributed by atoms with Gasteiger partial charge in [-0.05, 0) is 26.0 Å². The molecule has 7 heteroatoms. The number of hydrogen-bond acceptors (Lipinski definition) is 4. The molecule has 2 aromatic rings. The molecule has 0 fully saturated rings. The van der Waals surface area contributed by atoms with Crippen LogP contribution >= 0.6 is 0 Å². The zero-order chi connectivity index (χ0) is 14.7. The molecule has 0 aliphatic carbocycles. The number of aryl methyl sites for hydroxylation is 1. The lowest BCUT2D eigenvalue weighted by molar-refractivity contribution is 0.314. The Kier molecular flexibility index (Phi) is 3.97. The number of aromatic nitrogens is 2. The van der Waals surface area contributed by atoms with Gasteiger partial charge in [-0.3, -0.25) is 0 Å². The molecule has 0 atom stereocenters. The summed E-state index contributed by atoms with van der Waals surface area (Å²) in [7, 11) is 0. The lowest BCUT2D eigenvalue weighted by Gasteiger charge is -2.06. The van der Waals surface area contributed by atoms with Crippen LogP contribution in [0, 0.1) is 18.6 Å². The molecular weight excluding hydrogens is 266 g/mol. The van der Waals surface area contributed by atoms with Gasteiger partial charge < -0.3 is 10.5 Å². The second-order valence-electron chi connectivity index (χ2n) is 4.08. The van der Waals surface area contributed by atoms with Gasteiger partial charge >= 0.3 is 0 Å². The van der Waals surface area contributed by atoms with Crippen LogP contribution in [0.15, 0.2) is 23.4 Å². The van der Waals surface area contributed by atoms with E-state index in [1.807, 2.05) is 0 Å². The third-order valence-corrected chi connectivity index (χ3v) is 2.48. The second-order valence-corrected chi connectivity index (χ2v) is 4.08. The highest BCUT2D eigenvalue weighted by atomic mass is 19.2. The van der Waals surface area contributed by atoms with Crippen molar-refractivity contribution >= 4 is 12.2 Å². The molecule has 0 bridgehead atoms. The van der Waals surface area contributed by atoms with Crippen LogP contribution in [0.2, 0.25) is 0 Å². The van der Waals surface area contributed by atoms with E-state index in [9.17, 15) is 8.78 Å². The van der Waals surface area contributed by atoms with E-state index in [2.05, 4.69) is 10.1 Å². The molecule has 0 radical (unpaired) electrons. The number of benzene rings is 1. The number of nitrogens with two attached hydrogens (primary N) is 1. The van der Waals surface area contributed by atoms with Gasteiger partial charge in [-0.25, -0.2) is 14.1 Å². The lowest BCUT2D eigenvalue weighted by Crippen LogP contribution is -2.00. The van der Waals surface area contributed by atoms with Gasteiger partial charge in [-0.2, -0.15) is 9.49 Å². The molecule has 0 spiro atoms. The summed E-state index contributed by atoms with van der Waals surface area (Å²) in [4.78, 5) is 3.97. The van der Waals surface area contributed by atoms with Crippen LogP contribution in [0.3, 0.4) is 0 Å². The average Bonchev–Trinajstić information content (AvgIpc) is 2.71. The Balaban J connectivity index is 2.31. The van der Waals surface area contributed by atoms with Gasteiger partial charge in [0, 0.05) is 5.56 Å². The summed E-state index contributed by atoms with van der Waals surface area (Å²) in [5, 5.41) is 4.03. The molecule has 0 unspecified atom stereocenters. The van der Waals surface area contributed by atoms with E-state index in [-0.39, 0.29) is 18.3 Å². The number of ether oxygens (including phenoxy) is 1. The molecule has 0 aliphatic rings. The van der Waals surface area contributed by atoms with Crippen molar-refractivity contribution in [2.24, 2.45) is 5.10 Å². The fourth-order valence-electron chi connectivity index (χ4n) is 1.64. The van der Waals surface area contributed by atoms with Crippen molar-refractivity contribution in [3.05, 3.63) is 41.2 Å². The van der Waals surface area contributed by atoms with Crippen LogP contribution in [-0.2, 0) is 0 Å². The zero-order valence-corrected chi connectivity index (χ0v) is 11.1. The zero-order valence-electron chi connectivity index (χ0n) is 11.1. The molecular formula is C13H14F2N4O. The van der Waals surface area contributed by atoms with E-state index in [4.69, 9.17) is 10.5 Å². The summed E-state index contributed by atoms with van der Waals surface area (Å²) in [5.74, 6) is -1.94. The second kappa shape index (κ2) is 5.68. The topological polar surface area (TPSA) is 65.4 Å². The summed E-state index contributed by atoms with van der Waals surface area (Å²) in [6, 6.07) is 2.40. The van der Waals surface area contributed by atoms with E-state index in [0.29, 0.717) is 11.3 Å². The maximum absolute atomic E-state index is 13.4. The Bertz CT molecular complexity index is 652. The molecule has 2 N–H and O–H groups in total. The molecule has 0 saturated carbocycles. The van der Waals surface area contributed by atoms with E-state index in [1.165, 1.54) is 17.0 Å². The summed E-state index contributed by atoms with van der Waals surface area (Å²) in [5.41, 5.74) is 6.68. The minimum atomic E-state index is -1.01. The van der Waals surface area contributed by atoms with E-state index in [0.717, 1.165) is 6.07 Å². The van der Waals surface area contributed by atoms with Gasteiger partial charge in [0.2, 0.25) is 11.8 Å². The van der Waals surface area contributed by atoms with Crippen LogP contribution in [0.4, 0.5) is 14.7 Å². The summed E-state index contributed by atoms with van der Waals surface area (Å²) in [6.07, 6.45) is 2.97. The molecule has 0 amide bonds. The van der Waals surface area contributed by atoms with E-state index in [1.54, 1.807) is 20.0 Å². The summed E-state index contributed by atoms with van der Waals surface area (Å²) >= 11 is 0. The molecule has 20 heavy (non-hydrogen) atoms. The highest BCUT2D eigenvalue weighted by molar-refractivity contribution is 5.80. The first-order chi connectivity index (χ1) is 9.51. The minimum Gasteiger partial charge on any atom is -0.491 e. The number of hydrogen-bond donors (Lipinski definition) is 1. The molecule has 1 heterocycles. The van der Waals surface area contributed by atoms with Gasteiger partial charge in [0.25, 0.3) is 0 Å². The van der Waals surface area contributed by atoms with Crippen molar-refractivity contribution < 1.29 is 13.5 Å². The van der Waals surface area contributed by atoms with Gasteiger partial charge in [-0.1, -0.05) is 0 Å². The number of nitrogens with zero attached hydrogens (tertiary/aromatic N) is 3. The number of imidazole rings is 1. The fraction of sp³-hybridized carbons (Fsp3) is 0.231. The number of nitrogen functional groups attached to an aromatic ring is 1. The number of rotatable bonds is 4. The first-order valence-corrected chi connectivity index (χ1v) is 5.99. The van der Waals surface area contributed by atoms with Crippen LogP contribution in [0.1, 0.15) is 18.2 Å². The van der Waals surface area contributed by atoms with Gasteiger partial charge in [0.05, 0.1) is 24.7 Å². The monoisotopic (exact) mass is 280 g/mol. The Morgan fingerprint density at radius 1 is 1.45 bits per heavy atom. The van der Waals surface area contributed by atoms with Gasteiger partial charge in [0.15, 0.2) is 11.6 Å². The highest BCUT2D eigenvalue weighted by Crippen LogP contribution is 2.21. The van der Waals surface area contributed by atoms with Gasteiger partial charge in [-0.15, -0.1) is 0 Å². The van der Waals surface area contributed by atoms with Crippen molar-refractivity contribution in [3.8, 4) is 5.75 Å². The quantitative estimate of drug-likeness (QED) is 0.874. The van der Waals surface area contributed by atoms with Crippen molar-refractivity contribution in [2.45, 2.75) is 13.8 Å². The normalized spacial score (nSPS) is 11.2. The SMILES string of the molecule is CCOc1cc(C=Nn2cc(C)nc2N)cc(F)c1F. The molecule has 1 aromatic carbocycles. The van der Waals surface area contributed by atoms with Crippen molar-refractivity contribution in [1.29, 1.82) is 0 Å². The number of anilines is 1. The third kappa shape index (κ3) is 2.93. The smallest absolute Gasteiger partial charge is 0.221 e. The maximum Gasteiger partial charge on any atom is 0.221 e. The van der Waals surface area contributed by atoms with E-state index >= 15 is 0 Å².